The molecule has 3 amide bonds. The Morgan fingerprint density at radius 1 is 1.17 bits per heavy atom. The summed E-state index contributed by atoms with van der Waals surface area (Å²) in [5, 5.41) is 2.66. The number of fused-ring (bicyclic) bond motifs is 1. The smallest absolute Gasteiger partial charge is 0.329 e. The zero-order valence-corrected chi connectivity index (χ0v) is 17.7. The third-order valence-electron chi connectivity index (χ3n) is 6.18. The van der Waals surface area contributed by atoms with Crippen LogP contribution >= 0.6 is 0 Å². The number of rotatable bonds is 3. The summed E-state index contributed by atoms with van der Waals surface area (Å²) in [5.41, 5.74) is 4.34. The second-order valence-electron chi connectivity index (χ2n) is 8.80. The minimum atomic E-state index is -0.469. The van der Waals surface area contributed by atoms with Crippen molar-refractivity contribution in [3.05, 3.63) is 70.7 Å². The molecule has 1 atom stereocenters. The van der Waals surface area contributed by atoms with E-state index in [1.807, 2.05) is 6.07 Å². The molecule has 2 heterocycles. The topological polar surface area (TPSA) is 52.7 Å². The first-order chi connectivity index (χ1) is 14.2. The normalized spacial score (nSPS) is 21.8. The zero-order valence-electron chi connectivity index (χ0n) is 17.7. The van der Waals surface area contributed by atoms with Crippen molar-refractivity contribution in [2.45, 2.75) is 45.2 Å². The number of anilines is 1. The summed E-state index contributed by atoms with van der Waals surface area (Å²) < 4.78 is 13.1. The molecule has 0 bridgehead atoms. The van der Waals surface area contributed by atoms with Crippen LogP contribution in [0.2, 0.25) is 0 Å². The molecule has 2 aliphatic rings. The summed E-state index contributed by atoms with van der Waals surface area (Å²) in [5.74, 6) is -0.339. The molecule has 0 radical (unpaired) electrons. The van der Waals surface area contributed by atoms with Crippen molar-refractivity contribution in [3.8, 4) is 0 Å². The van der Waals surface area contributed by atoms with Gasteiger partial charge in [0, 0.05) is 18.3 Å². The summed E-state index contributed by atoms with van der Waals surface area (Å²) in [6.07, 6.45) is 2.76. The zero-order chi connectivity index (χ0) is 21.6. The predicted molar refractivity (Wildman–Crippen MR) is 115 cm³/mol. The predicted octanol–water partition coefficient (Wildman–Crippen LogP) is 4.64. The lowest BCUT2D eigenvalue weighted by Crippen LogP contribution is -2.45. The van der Waals surface area contributed by atoms with Crippen molar-refractivity contribution in [2.24, 2.45) is 0 Å². The Labute approximate surface area is 176 Å². The second-order valence-corrected chi connectivity index (χ2v) is 8.80. The van der Waals surface area contributed by atoms with Crippen LogP contribution in [0, 0.1) is 5.82 Å². The summed E-state index contributed by atoms with van der Waals surface area (Å²) in [6, 6.07) is 11.5. The van der Waals surface area contributed by atoms with Crippen LogP contribution in [-0.4, -0.2) is 29.4 Å². The maximum absolute atomic E-state index is 13.1. The van der Waals surface area contributed by atoms with Crippen LogP contribution in [-0.2, 0) is 11.3 Å². The van der Waals surface area contributed by atoms with Crippen LogP contribution in [0.5, 0.6) is 0 Å². The van der Waals surface area contributed by atoms with Gasteiger partial charge in [0.2, 0.25) is 0 Å². The molecule has 2 aliphatic heterocycles. The van der Waals surface area contributed by atoms with E-state index >= 15 is 0 Å². The van der Waals surface area contributed by atoms with Crippen molar-refractivity contribution in [2.75, 3.05) is 11.9 Å². The number of benzene rings is 2. The van der Waals surface area contributed by atoms with E-state index in [2.05, 4.69) is 50.2 Å². The van der Waals surface area contributed by atoms with Crippen LogP contribution in [0.4, 0.5) is 14.9 Å². The van der Waals surface area contributed by atoms with E-state index in [1.165, 1.54) is 23.4 Å². The molecule has 2 aromatic rings. The minimum Gasteiger partial charge on any atom is -0.369 e. The summed E-state index contributed by atoms with van der Waals surface area (Å²) in [7, 11) is 2.11. The molecule has 2 aromatic carbocycles. The Hall–Kier alpha value is -3.15. The number of amides is 3. The van der Waals surface area contributed by atoms with Crippen molar-refractivity contribution < 1.29 is 14.0 Å². The first-order valence-electron chi connectivity index (χ1n) is 10.1. The van der Waals surface area contributed by atoms with Gasteiger partial charge in [-0.1, -0.05) is 25.1 Å². The number of halogens is 1. The molecule has 1 fully saturated rings. The van der Waals surface area contributed by atoms with Crippen LogP contribution in [0.3, 0.4) is 0 Å². The maximum Gasteiger partial charge on any atom is 0.329 e. The van der Waals surface area contributed by atoms with Gasteiger partial charge in [0.25, 0.3) is 5.91 Å². The van der Waals surface area contributed by atoms with E-state index in [0.29, 0.717) is 11.5 Å². The van der Waals surface area contributed by atoms with E-state index in [9.17, 15) is 14.0 Å². The lowest BCUT2D eigenvalue weighted by atomic mass is 9.80. The molecule has 5 nitrogen and oxygen atoms in total. The standard InChI is InChI=1S/C24H26FN3O2/c1-15-13-24(2,3)27(4)21-10-7-17(11-19(15)21)12-20-22(29)28(23(30)26-20)14-16-5-8-18(25)9-6-16/h5-12,15H,13-14H2,1-4H3,(H,26,30)/b20-12+. The third kappa shape index (κ3) is 3.58. The van der Waals surface area contributed by atoms with Gasteiger partial charge in [0.05, 0.1) is 6.54 Å². The molecule has 1 N–H and O–H groups in total. The number of urea groups is 1. The number of hydrogen-bond donors (Lipinski definition) is 1. The lowest BCUT2D eigenvalue weighted by Gasteiger charge is -2.45. The Bertz CT molecular complexity index is 1040. The highest BCUT2D eigenvalue weighted by molar-refractivity contribution is 6.13. The molecular weight excluding hydrogens is 381 g/mol. The fourth-order valence-electron chi connectivity index (χ4n) is 4.34. The van der Waals surface area contributed by atoms with E-state index in [1.54, 1.807) is 18.2 Å². The monoisotopic (exact) mass is 407 g/mol. The number of carbonyl (C=O) groups excluding carboxylic acids is 2. The molecule has 0 aromatic heterocycles. The fraction of sp³-hybridized carbons (Fsp3) is 0.333. The molecule has 1 saturated heterocycles. The number of imide groups is 1. The SMILES string of the molecule is CC1CC(C)(C)N(C)c2ccc(/C=C3/NC(=O)N(Cc4ccc(F)cc4)C3=O)cc21. The largest absolute Gasteiger partial charge is 0.369 e. The van der Waals surface area contributed by atoms with Gasteiger partial charge in [-0.2, -0.15) is 0 Å². The molecule has 0 saturated carbocycles. The molecule has 0 spiro atoms. The van der Waals surface area contributed by atoms with Gasteiger partial charge in [-0.15, -0.1) is 0 Å². The molecule has 1 unspecified atom stereocenters. The molecule has 4 rings (SSSR count). The highest BCUT2D eigenvalue weighted by atomic mass is 19.1. The van der Waals surface area contributed by atoms with E-state index < -0.39 is 6.03 Å². The average molecular weight is 407 g/mol. The van der Waals surface area contributed by atoms with Gasteiger partial charge >= 0.3 is 6.03 Å². The Morgan fingerprint density at radius 2 is 1.87 bits per heavy atom. The summed E-state index contributed by atoms with van der Waals surface area (Å²) in [4.78, 5) is 28.5. The third-order valence-corrected chi connectivity index (χ3v) is 6.18. The van der Waals surface area contributed by atoms with Gasteiger partial charge in [0.1, 0.15) is 11.5 Å². The molecule has 6 heteroatoms. The summed E-state index contributed by atoms with van der Waals surface area (Å²) in [6.45, 7) is 6.80. The lowest BCUT2D eigenvalue weighted by molar-refractivity contribution is -0.123. The Balaban J connectivity index is 1.58. The number of carbonyl (C=O) groups is 2. The van der Waals surface area contributed by atoms with Gasteiger partial charge in [-0.25, -0.2) is 9.18 Å². The van der Waals surface area contributed by atoms with Crippen molar-refractivity contribution in [1.29, 1.82) is 0 Å². The van der Waals surface area contributed by atoms with Crippen LogP contribution in [0.1, 0.15) is 49.8 Å². The first kappa shape index (κ1) is 20.1. The fourth-order valence-corrected chi connectivity index (χ4v) is 4.34. The minimum absolute atomic E-state index is 0.0860. The summed E-state index contributed by atoms with van der Waals surface area (Å²) >= 11 is 0. The molecule has 30 heavy (non-hydrogen) atoms. The average Bonchev–Trinajstić information content (AvgIpc) is 2.95. The van der Waals surface area contributed by atoms with Crippen LogP contribution < -0.4 is 10.2 Å². The second kappa shape index (κ2) is 7.27. The van der Waals surface area contributed by atoms with Crippen molar-refractivity contribution in [1.82, 2.24) is 10.2 Å². The number of hydrogen-bond acceptors (Lipinski definition) is 3. The van der Waals surface area contributed by atoms with Crippen LogP contribution in [0.25, 0.3) is 6.08 Å². The number of nitrogens with one attached hydrogen (secondary N) is 1. The molecule has 156 valence electrons. The Kier molecular flexibility index (Phi) is 4.88. The van der Waals surface area contributed by atoms with Gasteiger partial charge < -0.3 is 10.2 Å². The highest BCUT2D eigenvalue weighted by Crippen LogP contribution is 2.42. The van der Waals surface area contributed by atoms with E-state index in [4.69, 9.17) is 0 Å². The van der Waals surface area contributed by atoms with Gasteiger partial charge in [0.15, 0.2) is 0 Å². The van der Waals surface area contributed by atoms with Crippen molar-refractivity contribution in [3.63, 3.8) is 0 Å². The first-order valence-corrected chi connectivity index (χ1v) is 10.1. The van der Waals surface area contributed by atoms with Gasteiger partial charge in [-0.3, -0.25) is 9.69 Å². The van der Waals surface area contributed by atoms with Crippen LogP contribution in [0.15, 0.2) is 48.2 Å². The maximum atomic E-state index is 13.1. The number of nitrogens with zero attached hydrogens (tertiary/aromatic N) is 2. The van der Waals surface area contributed by atoms with Crippen molar-refractivity contribution >= 4 is 23.7 Å². The van der Waals surface area contributed by atoms with E-state index in [0.717, 1.165) is 16.9 Å². The van der Waals surface area contributed by atoms with Gasteiger partial charge in [-0.05, 0) is 73.2 Å². The highest BCUT2D eigenvalue weighted by Gasteiger charge is 2.35. The molecular formula is C24H26FN3O2. The molecule has 0 aliphatic carbocycles. The quantitative estimate of drug-likeness (QED) is 0.596. The van der Waals surface area contributed by atoms with E-state index in [-0.39, 0.29) is 29.5 Å². The Morgan fingerprint density at radius 3 is 2.57 bits per heavy atom.